The maximum absolute atomic E-state index is 11.1. The predicted molar refractivity (Wildman–Crippen MR) is 71.8 cm³/mol. The standard InChI is InChI=1S/C11H23NO2S2/c1-11(2)6-5-9(10(11)12-3)15-7-8-16(4,13)14/h9-10,12H,5-8H2,1-4H3. The average Bonchev–Trinajstić information content (AvgIpc) is 2.39. The van der Waals surface area contributed by atoms with Gasteiger partial charge in [0.15, 0.2) is 0 Å². The fraction of sp³-hybridized carbons (Fsp3) is 1.00. The highest BCUT2D eigenvalue weighted by molar-refractivity contribution is 8.01. The number of rotatable bonds is 5. The first-order valence-corrected chi connectivity index (χ1v) is 8.84. The molecular formula is C11H23NO2S2. The number of hydrogen-bond donors (Lipinski definition) is 1. The zero-order valence-corrected chi connectivity index (χ0v) is 12.2. The quantitative estimate of drug-likeness (QED) is 0.819. The molecule has 1 fully saturated rings. The van der Waals surface area contributed by atoms with Gasteiger partial charge in [-0.1, -0.05) is 13.8 Å². The number of sulfone groups is 1. The van der Waals surface area contributed by atoms with E-state index >= 15 is 0 Å². The highest BCUT2D eigenvalue weighted by atomic mass is 32.2. The van der Waals surface area contributed by atoms with E-state index in [9.17, 15) is 8.42 Å². The van der Waals surface area contributed by atoms with Crippen LogP contribution in [0.15, 0.2) is 0 Å². The molecule has 1 saturated carbocycles. The lowest BCUT2D eigenvalue weighted by Gasteiger charge is -2.30. The van der Waals surface area contributed by atoms with Crippen LogP contribution >= 0.6 is 11.8 Å². The normalized spacial score (nSPS) is 29.5. The summed E-state index contributed by atoms with van der Waals surface area (Å²) in [7, 11) is -0.808. The Balaban J connectivity index is 2.44. The van der Waals surface area contributed by atoms with Crippen LogP contribution < -0.4 is 5.32 Å². The molecule has 2 unspecified atom stereocenters. The van der Waals surface area contributed by atoms with E-state index < -0.39 is 9.84 Å². The smallest absolute Gasteiger partial charge is 0.148 e. The Bertz CT molecular complexity index is 325. The van der Waals surface area contributed by atoms with E-state index in [0.717, 1.165) is 5.75 Å². The van der Waals surface area contributed by atoms with Crippen LogP contribution in [0.5, 0.6) is 0 Å². The summed E-state index contributed by atoms with van der Waals surface area (Å²) in [6.07, 6.45) is 3.71. The van der Waals surface area contributed by atoms with Crippen LogP contribution in [-0.4, -0.2) is 44.5 Å². The second-order valence-electron chi connectivity index (χ2n) is 5.33. The van der Waals surface area contributed by atoms with Crippen LogP contribution in [0.3, 0.4) is 0 Å². The summed E-state index contributed by atoms with van der Waals surface area (Å²) in [5.74, 6) is 1.02. The molecule has 3 nitrogen and oxygen atoms in total. The van der Waals surface area contributed by atoms with Crippen molar-refractivity contribution in [1.82, 2.24) is 5.32 Å². The van der Waals surface area contributed by atoms with Crippen molar-refractivity contribution in [3.63, 3.8) is 0 Å². The molecule has 1 aliphatic rings. The Morgan fingerprint density at radius 1 is 1.44 bits per heavy atom. The number of hydrogen-bond acceptors (Lipinski definition) is 4. The molecule has 0 aromatic rings. The SMILES string of the molecule is CNC1C(SCCS(C)(=O)=O)CCC1(C)C. The number of thioether (sulfide) groups is 1. The lowest BCUT2D eigenvalue weighted by Crippen LogP contribution is -2.41. The summed E-state index contributed by atoms with van der Waals surface area (Å²) in [4.78, 5) is 0. The fourth-order valence-electron chi connectivity index (χ4n) is 2.45. The van der Waals surface area contributed by atoms with Gasteiger partial charge in [-0.15, -0.1) is 0 Å². The minimum absolute atomic E-state index is 0.297. The monoisotopic (exact) mass is 265 g/mol. The van der Waals surface area contributed by atoms with Gasteiger partial charge in [-0.2, -0.15) is 11.8 Å². The Labute approximate surface area is 104 Å². The molecule has 0 bridgehead atoms. The van der Waals surface area contributed by atoms with E-state index in [-0.39, 0.29) is 0 Å². The minimum atomic E-state index is -2.81. The van der Waals surface area contributed by atoms with Crippen LogP contribution in [0.1, 0.15) is 26.7 Å². The van der Waals surface area contributed by atoms with E-state index in [2.05, 4.69) is 19.2 Å². The van der Waals surface area contributed by atoms with Crippen molar-refractivity contribution in [3.8, 4) is 0 Å². The van der Waals surface area contributed by atoms with Gasteiger partial charge < -0.3 is 5.32 Å². The van der Waals surface area contributed by atoms with Crippen LogP contribution in [0.25, 0.3) is 0 Å². The molecule has 0 aromatic heterocycles. The molecule has 0 heterocycles. The lowest BCUT2D eigenvalue weighted by atomic mass is 9.87. The lowest BCUT2D eigenvalue weighted by molar-refractivity contribution is 0.300. The van der Waals surface area contributed by atoms with Crippen LogP contribution in [0, 0.1) is 5.41 Å². The highest BCUT2D eigenvalue weighted by Crippen LogP contribution is 2.42. The van der Waals surface area contributed by atoms with Gasteiger partial charge in [-0.05, 0) is 25.3 Å². The van der Waals surface area contributed by atoms with Gasteiger partial charge in [0.2, 0.25) is 0 Å². The van der Waals surface area contributed by atoms with Gasteiger partial charge in [0.25, 0.3) is 0 Å². The third-order valence-electron chi connectivity index (χ3n) is 3.38. The number of nitrogens with one attached hydrogen (secondary N) is 1. The van der Waals surface area contributed by atoms with Crippen molar-refractivity contribution in [3.05, 3.63) is 0 Å². The molecule has 0 spiro atoms. The molecule has 1 rings (SSSR count). The van der Waals surface area contributed by atoms with Crippen LogP contribution in [-0.2, 0) is 9.84 Å². The first-order valence-electron chi connectivity index (χ1n) is 5.73. The Kier molecular flexibility index (Phi) is 4.72. The molecule has 5 heteroatoms. The van der Waals surface area contributed by atoms with Crippen molar-refractivity contribution >= 4 is 21.6 Å². The van der Waals surface area contributed by atoms with Crippen molar-refractivity contribution < 1.29 is 8.42 Å². The Morgan fingerprint density at radius 2 is 2.06 bits per heavy atom. The summed E-state index contributed by atoms with van der Waals surface area (Å²) in [5, 5.41) is 3.94. The minimum Gasteiger partial charge on any atom is -0.315 e. The second kappa shape index (κ2) is 5.27. The molecular weight excluding hydrogens is 242 g/mol. The van der Waals surface area contributed by atoms with Crippen molar-refractivity contribution in [2.75, 3.05) is 24.8 Å². The van der Waals surface area contributed by atoms with Crippen LogP contribution in [0.4, 0.5) is 0 Å². The summed E-state index contributed by atoms with van der Waals surface area (Å²) < 4.78 is 22.1. The van der Waals surface area contributed by atoms with Gasteiger partial charge in [0.1, 0.15) is 9.84 Å². The third-order valence-corrected chi connectivity index (χ3v) is 5.96. The van der Waals surface area contributed by atoms with Gasteiger partial charge in [-0.3, -0.25) is 0 Å². The first kappa shape index (κ1) is 14.3. The topological polar surface area (TPSA) is 46.2 Å². The van der Waals surface area contributed by atoms with E-state index in [0.29, 0.717) is 22.5 Å². The molecule has 2 atom stereocenters. The molecule has 16 heavy (non-hydrogen) atoms. The van der Waals surface area contributed by atoms with Crippen molar-refractivity contribution in [2.45, 2.75) is 38.0 Å². The molecule has 0 saturated heterocycles. The molecule has 0 amide bonds. The highest BCUT2D eigenvalue weighted by Gasteiger charge is 2.40. The Morgan fingerprint density at radius 3 is 2.56 bits per heavy atom. The summed E-state index contributed by atoms with van der Waals surface area (Å²) >= 11 is 1.80. The zero-order valence-electron chi connectivity index (χ0n) is 10.6. The predicted octanol–water partition coefficient (Wildman–Crippen LogP) is 1.54. The van der Waals surface area contributed by atoms with Gasteiger partial charge >= 0.3 is 0 Å². The molecule has 0 radical (unpaired) electrons. The summed E-state index contributed by atoms with van der Waals surface area (Å²) in [5.41, 5.74) is 0.331. The Hall–Kier alpha value is 0.260. The maximum atomic E-state index is 11.1. The van der Waals surface area contributed by atoms with Gasteiger partial charge in [0.05, 0.1) is 5.75 Å². The van der Waals surface area contributed by atoms with Gasteiger partial charge in [-0.25, -0.2) is 8.42 Å². The molecule has 0 aromatic carbocycles. The maximum Gasteiger partial charge on any atom is 0.148 e. The van der Waals surface area contributed by atoms with Gasteiger partial charge in [0, 0.05) is 23.3 Å². The van der Waals surface area contributed by atoms with E-state index in [1.54, 1.807) is 11.8 Å². The van der Waals surface area contributed by atoms with Crippen LogP contribution in [0.2, 0.25) is 0 Å². The van der Waals surface area contributed by atoms with E-state index in [1.807, 2.05) is 7.05 Å². The largest absolute Gasteiger partial charge is 0.315 e. The summed E-state index contributed by atoms with van der Waals surface area (Å²) in [6, 6.07) is 0.497. The molecule has 0 aliphatic heterocycles. The average molecular weight is 265 g/mol. The third kappa shape index (κ3) is 3.93. The fourth-order valence-corrected chi connectivity index (χ4v) is 5.33. The zero-order chi connectivity index (χ0) is 12.4. The first-order chi connectivity index (χ1) is 7.26. The second-order valence-corrected chi connectivity index (χ2v) is 8.94. The van der Waals surface area contributed by atoms with E-state index in [1.165, 1.54) is 19.1 Å². The molecule has 1 aliphatic carbocycles. The molecule has 1 N–H and O–H groups in total. The van der Waals surface area contributed by atoms with Crippen molar-refractivity contribution in [2.24, 2.45) is 5.41 Å². The summed E-state index contributed by atoms with van der Waals surface area (Å²) in [6.45, 7) is 4.57. The van der Waals surface area contributed by atoms with Crippen molar-refractivity contribution in [1.29, 1.82) is 0 Å². The molecule has 96 valence electrons. The van der Waals surface area contributed by atoms with E-state index in [4.69, 9.17) is 0 Å².